The van der Waals surface area contributed by atoms with Gasteiger partial charge in [-0.15, -0.1) is 11.3 Å². The summed E-state index contributed by atoms with van der Waals surface area (Å²) in [6.45, 7) is 0. The normalized spacial score (nSPS) is 16.9. The van der Waals surface area contributed by atoms with E-state index in [9.17, 15) is 0 Å². The fraction of sp³-hybridized carbons (Fsp3) is 0.167. The second-order valence-electron chi connectivity index (χ2n) is 4.39. The molecule has 1 aliphatic rings. The van der Waals surface area contributed by atoms with Crippen LogP contribution in [0.25, 0.3) is 11.3 Å². The third-order valence-corrected chi connectivity index (χ3v) is 4.26. The van der Waals surface area contributed by atoms with Crippen molar-refractivity contribution in [2.24, 2.45) is 0 Å². The highest BCUT2D eigenvalue weighted by molar-refractivity contribution is 7.16. The van der Waals surface area contributed by atoms with Crippen LogP contribution in [-0.4, -0.2) is 25.1 Å². The van der Waals surface area contributed by atoms with E-state index in [1.54, 1.807) is 18.6 Å². The molecule has 3 N–H and O–H groups in total. The molecule has 0 bridgehead atoms. The lowest BCUT2D eigenvalue weighted by atomic mass is 9.90. The summed E-state index contributed by atoms with van der Waals surface area (Å²) >= 11 is 1.51. The van der Waals surface area contributed by atoms with Gasteiger partial charge in [0.15, 0.2) is 5.13 Å². The quantitative estimate of drug-likeness (QED) is 0.700. The number of fused-ring (bicyclic) bond motifs is 3. The zero-order valence-electron chi connectivity index (χ0n) is 9.87. The van der Waals surface area contributed by atoms with Crippen LogP contribution in [-0.2, 0) is 6.42 Å². The molecule has 3 aromatic rings. The van der Waals surface area contributed by atoms with Gasteiger partial charge in [-0.1, -0.05) is 0 Å². The van der Waals surface area contributed by atoms with E-state index in [1.165, 1.54) is 11.3 Å². The van der Waals surface area contributed by atoms with E-state index in [4.69, 9.17) is 5.73 Å². The summed E-state index contributed by atoms with van der Waals surface area (Å²) in [4.78, 5) is 14.3. The zero-order valence-corrected chi connectivity index (χ0v) is 10.7. The van der Waals surface area contributed by atoms with E-state index in [-0.39, 0.29) is 5.92 Å². The Morgan fingerprint density at radius 3 is 3.00 bits per heavy atom. The number of hydrogen-bond acceptors (Lipinski definition) is 6. The molecule has 19 heavy (non-hydrogen) atoms. The Hall–Kier alpha value is -2.28. The number of nitrogen functional groups attached to an aromatic ring is 1. The van der Waals surface area contributed by atoms with Gasteiger partial charge in [-0.2, -0.15) is 5.10 Å². The number of nitrogens with one attached hydrogen (secondary N) is 1. The van der Waals surface area contributed by atoms with E-state index < -0.39 is 0 Å². The van der Waals surface area contributed by atoms with Gasteiger partial charge in [0.2, 0.25) is 0 Å². The summed E-state index contributed by atoms with van der Waals surface area (Å²) < 4.78 is 0. The molecule has 4 rings (SSSR count). The van der Waals surface area contributed by atoms with Crippen LogP contribution in [0.3, 0.4) is 0 Å². The van der Waals surface area contributed by atoms with Gasteiger partial charge in [-0.25, -0.2) is 15.0 Å². The summed E-state index contributed by atoms with van der Waals surface area (Å²) in [6, 6.07) is 1.82. The molecule has 7 heteroatoms. The van der Waals surface area contributed by atoms with Crippen molar-refractivity contribution in [2.45, 2.75) is 12.3 Å². The number of aromatic nitrogens is 5. The van der Waals surface area contributed by atoms with Crippen LogP contribution >= 0.6 is 11.3 Å². The Morgan fingerprint density at radius 2 is 2.16 bits per heavy atom. The number of rotatable bonds is 1. The maximum Gasteiger partial charge on any atom is 0.180 e. The topological polar surface area (TPSA) is 93.4 Å². The molecule has 0 fully saturated rings. The van der Waals surface area contributed by atoms with Crippen LogP contribution in [0.5, 0.6) is 0 Å². The van der Waals surface area contributed by atoms with Crippen LogP contribution in [0.4, 0.5) is 5.13 Å². The number of H-pyrrole nitrogens is 1. The Morgan fingerprint density at radius 1 is 1.32 bits per heavy atom. The van der Waals surface area contributed by atoms with E-state index in [0.717, 1.165) is 34.1 Å². The van der Waals surface area contributed by atoms with Crippen molar-refractivity contribution < 1.29 is 0 Å². The van der Waals surface area contributed by atoms with Gasteiger partial charge in [0, 0.05) is 34.9 Å². The van der Waals surface area contributed by atoms with Crippen molar-refractivity contribution in [3.63, 3.8) is 0 Å². The minimum atomic E-state index is 0.0962. The minimum Gasteiger partial charge on any atom is -0.375 e. The summed E-state index contributed by atoms with van der Waals surface area (Å²) in [6.07, 6.45) is 6.12. The van der Waals surface area contributed by atoms with Crippen LogP contribution in [0.15, 0.2) is 24.7 Å². The van der Waals surface area contributed by atoms with E-state index in [1.807, 2.05) is 6.07 Å². The first kappa shape index (κ1) is 10.6. The summed E-state index contributed by atoms with van der Waals surface area (Å²) in [5.41, 5.74) is 8.87. The number of hydrogen-bond donors (Lipinski definition) is 2. The lowest BCUT2D eigenvalue weighted by Gasteiger charge is -2.19. The van der Waals surface area contributed by atoms with E-state index in [0.29, 0.717) is 5.13 Å². The standard InChI is InChI=1S/C12H10N6S/c13-12-17-9-7-5-16-18-8(7)4-6(10(9)19-12)11-14-2-1-3-15-11/h1-3,5-6H,4H2,(H2,13,17)(H,16,18). The molecule has 3 aromatic heterocycles. The number of aromatic amines is 1. The van der Waals surface area contributed by atoms with Crippen molar-refractivity contribution in [3.8, 4) is 11.3 Å². The zero-order chi connectivity index (χ0) is 12.8. The monoisotopic (exact) mass is 270 g/mol. The molecular weight excluding hydrogens is 260 g/mol. The lowest BCUT2D eigenvalue weighted by molar-refractivity contribution is 0.722. The first-order valence-corrected chi connectivity index (χ1v) is 6.70. The number of thiazole rings is 1. The Balaban J connectivity index is 1.92. The molecule has 1 unspecified atom stereocenters. The average molecular weight is 270 g/mol. The van der Waals surface area contributed by atoms with Gasteiger partial charge in [0.05, 0.1) is 17.8 Å². The number of anilines is 1. The fourth-order valence-corrected chi connectivity index (χ4v) is 3.39. The predicted octanol–water partition coefficient (Wildman–Crippen LogP) is 1.59. The van der Waals surface area contributed by atoms with Gasteiger partial charge < -0.3 is 5.73 Å². The fourth-order valence-electron chi connectivity index (χ4n) is 2.45. The second kappa shape index (κ2) is 3.86. The molecule has 0 spiro atoms. The van der Waals surface area contributed by atoms with Crippen molar-refractivity contribution >= 4 is 16.5 Å². The lowest BCUT2D eigenvalue weighted by Crippen LogP contribution is -2.13. The highest BCUT2D eigenvalue weighted by Gasteiger charge is 2.32. The van der Waals surface area contributed by atoms with Gasteiger partial charge in [-0.05, 0) is 6.07 Å². The van der Waals surface area contributed by atoms with Gasteiger partial charge in [0.25, 0.3) is 0 Å². The highest BCUT2D eigenvalue weighted by Crippen LogP contribution is 2.44. The van der Waals surface area contributed by atoms with Crippen LogP contribution < -0.4 is 5.73 Å². The third kappa shape index (κ3) is 1.55. The molecule has 1 atom stereocenters. The molecule has 0 radical (unpaired) electrons. The maximum atomic E-state index is 5.86. The van der Waals surface area contributed by atoms with E-state index in [2.05, 4.69) is 25.1 Å². The molecule has 94 valence electrons. The van der Waals surface area contributed by atoms with Gasteiger partial charge >= 0.3 is 0 Å². The van der Waals surface area contributed by atoms with Crippen molar-refractivity contribution in [3.05, 3.63) is 41.1 Å². The van der Waals surface area contributed by atoms with E-state index >= 15 is 0 Å². The maximum absolute atomic E-state index is 5.86. The predicted molar refractivity (Wildman–Crippen MR) is 71.7 cm³/mol. The van der Waals surface area contributed by atoms with Crippen molar-refractivity contribution in [2.75, 3.05) is 5.73 Å². The Kier molecular flexibility index (Phi) is 2.16. The molecule has 0 aromatic carbocycles. The largest absolute Gasteiger partial charge is 0.375 e. The van der Waals surface area contributed by atoms with Crippen molar-refractivity contribution in [1.82, 2.24) is 25.1 Å². The third-order valence-electron chi connectivity index (χ3n) is 3.27. The first-order chi connectivity index (χ1) is 9.33. The Labute approximate surface area is 112 Å². The number of nitrogens with two attached hydrogens (primary N) is 1. The summed E-state index contributed by atoms with van der Waals surface area (Å²) in [7, 11) is 0. The number of nitrogens with zero attached hydrogens (tertiary/aromatic N) is 4. The smallest absolute Gasteiger partial charge is 0.180 e. The summed E-state index contributed by atoms with van der Waals surface area (Å²) in [5.74, 6) is 0.895. The van der Waals surface area contributed by atoms with Crippen LogP contribution in [0.1, 0.15) is 22.3 Å². The summed E-state index contributed by atoms with van der Waals surface area (Å²) in [5, 5.41) is 7.69. The minimum absolute atomic E-state index is 0.0962. The van der Waals surface area contributed by atoms with Gasteiger partial charge in [-0.3, -0.25) is 5.10 Å². The molecule has 0 aliphatic heterocycles. The van der Waals surface area contributed by atoms with Crippen LogP contribution in [0.2, 0.25) is 0 Å². The average Bonchev–Trinajstić information content (AvgIpc) is 3.03. The molecule has 1 aliphatic carbocycles. The second-order valence-corrected chi connectivity index (χ2v) is 5.45. The first-order valence-electron chi connectivity index (χ1n) is 5.88. The highest BCUT2D eigenvalue weighted by atomic mass is 32.1. The SMILES string of the molecule is Nc1nc2c(s1)C(c1ncccn1)Cc1[nH]ncc1-2. The van der Waals surface area contributed by atoms with Gasteiger partial charge in [0.1, 0.15) is 5.82 Å². The van der Waals surface area contributed by atoms with Crippen molar-refractivity contribution in [1.29, 1.82) is 0 Å². The molecule has 3 heterocycles. The Bertz CT molecular complexity index is 732. The molecular formula is C12H10N6S. The van der Waals surface area contributed by atoms with Crippen LogP contribution in [0, 0.1) is 0 Å². The molecule has 0 saturated heterocycles. The molecule has 6 nitrogen and oxygen atoms in total. The molecule has 0 saturated carbocycles. The molecule has 0 amide bonds.